The number of thiophene rings is 1. The molecule has 9 aromatic carbocycles. The maximum atomic E-state index is 5.37. The van der Waals surface area contributed by atoms with E-state index in [1.165, 1.54) is 53.2 Å². The van der Waals surface area contributed by atoms with Crippen LogP contribution in [0.2, 0.25) is 0 Å². The van der Waals surface area contributed by atoms with Gasteiger partial charge in [0.15, 0.2) is 5.84 Å². The van der Waals surface area contributed by atoms with Crippen LogP contribution in [0.25, 0.3) is 92.2 Å². The van der Waals surface area contributed by atoms with Gasteiger partial charge in [0, 0.05) is 53.2 Å². The minimum Gasteiger partial charge on any atom is -0.344 e. The van der Waals surface area contributed by atoms with Gasteiger partial charge in [0.25, 0.3) is 0 Å². The van der Waals surface area contributed by atoms with E-state index < -0.39 is 0 Å². The number of hydrogen-bond acceptors (Lipinski definition) is 4. The monoisotopic (exact) mass is 890 g/mol. The van der Waals surface area contributed by atoms with Gasteiger partial charge in [-0.25, -0.2) is 9.98 Å². The Morgan fingerprint density at radius 2 is 1.04 bits per heavy atom. The standard InChI is InChI=1S/C63H46N4S/c1-3-18-41(4-2)61-64-62(48-23-12-7-13-24-48)66-63(65-61)49-39-52(46-33-29-44(30-34-46)42-19-8-5-9-20-42)60(53(40-49)47-35-31-45(32-36-47)43-21-10-6-11-22-43)67-54-27-16-14-25-50(54)58-55(67)37-38-57-59(58)51-26-15-17-28-56(51)68-57/h3-40,62H,1-2H3,(H,64,65,66)/b18-3-,41-4+. The number of aliphatic imine (C=N–C) groups is 2. The molecule has 5 heteroatoms. The number of fused-ring (bicyclic) bond motifs is 7. The molecule has 0 saturated heterocycles. The number of amidine groups is 2. The normalized spacial score (nSPS) is 14.2. The molecule has 68 heavy (non-hydrogen) atoms. The second-order valence-corrected chi connectivity index (χ2v) is 18.3. The van der Waals surface area contributed by atoms with Crippen molar-refractivity contribution in [1.29, 1.82) is 0 Å². The molecule has 1 aliphatic rings. The van der Waals surface area contributed by atoms with Crippen molar-refractivity contribution in [1.82, 2.24) is 9.88 Å². The Morgan fingerprint density at radius 1 is 0.500 bits per heavy atom. The van der Waals surface area contributed by atoms with Gasteiger partial charge in [0.1, 0.15) is 12.0 Å². The maximum absolute atomic E-state index is 5.37. The summed E-state index contributed by atoms with van der Waals surface area (Å²) in [6.45, 7) is 4.09. The van der Waals surface area contributed by atoms with Crippen LogP contribution in [0.15, 0.2) is 246 Å². The van der Waals surface area contributed by atoms with E-state index >= 15 is 0 Å². The molecule has 0 fully saturated rings. The predicted molar refractivity (Wildman–Crippen MR) is 290 cm³/mol. The zero-order valence-corrected chi connectivity index (χ0v) is 38.6. The van der Waals surface area contributed by atoms with Crippen LogP contribution in [0.1, 0.15) is 31.1 Å². The Morgan fingerprint density at radius 3 is 1.66 bits per heavy atom. The predicted octanol–water partition coefficient (Wildman–Crippen LogP) is 16.8. The summed E-state index contributed by atoms with van der Waals surface area (Å²) >= 11 is 1.86. The summed E-state index contributed by atoms with van der Waals surface area (Å²) in [7, 11) is 0. The molecule has 0 saturated carbocycles. The minimum absolute atomic E-state index is 0.346. The van der Waals surface area contributed by atoms with Crippen LogP contribution in [-0.4, -0.2) is 16.2 Å². The summed E-state index contributed by atoms with van der Waals surface area (Å²) < 4.78 is 5.11. The molecule has 3 heterocycles. The second kappa shape index (κ2) is 17.4. The Labute approximate surface area is 400 Å². The molecule has 1 atom stereocenters. The van der Waals surface area contributed by atoms with Crippen molar-refractivity contribution in [3.8, 4) is 50.2 Å². The van der Waals surface area contributed by atoms with Crippen LogP contribution < -0.4 is 5.32 Å². The van der Waals surface area contributed by atoms with Gasteiger partial charge < -0.3 is 9.88 Å². The summed E-state index contributed by atoms with van der Waals surface area (Å²) in [5.41, 5.74) is 15.5. The number of nitrogens with zero attached hydrogens (tertiary/aromatic N) is 3. The Kier molecular flexibility index (Phi) is 10.5. The molecule has 0 amide bonds. The first kappa shape index (κ1) is 41.1. The highest BCUT2D eigenvalue weighted by atomic mass is 32.1. The maximum Gasteiger partial charge on any atom is 0.159 e. The van der Waals surface area contributed by atoms with Gasteiger partial charge in [0.2, 0.25) is 0 Å². The fraction of sp³-hybridized carbons (Fsp3) is 0.0476. The van der Waals surface area contributed by atoms with Gasteiger partial charge in [-0.1, -0.05) is 194 Å². The van der Waals surface area contributed by atoms with Crippen molar-refractivity contribution in [2.75, 3.05) is 0 Å². The third-order valence-corrected chi connectivity index (χ3v) is 14.3. The summed E-state index contributed by atoms with van der Waals surface area (Å²) in [4.78, 5) is 10.6. The van der Waals surface area contributed by atoms with Gasteiger partial charge in [0.05, 0.1) is 16.7 Å². The lowest BCUT2D eigenvalue weighted by atomic mass is 9.90. The number of benzene rings is 9. The number of rotatable bonds is 9. The average Bonchev–Trinajstić information content (AvgIpc) is 3.96. The van der Waals surface area contributed by atoms with Crippen molar-refractivity contribution in [3.05, 3.63) is 247 Å². The summed E-state index contributed by atoms with van der Waals surface area (Å²) in [6, 6.07) is 77.0. The molecule has 1 N–H and O–H groups in total. The Hall–Kier alpha value is -8.38. The molecule has 0 radical (unpaired) electrons. The molecular formula is C63H46N4S. The van der Waals surface area contributed by atoms with Crippen molar-refractivity contribution in [2.24, 2.45) is 9.98 Å². The molecule has 2 aromatic heterocycles. The number of allylic oxidation sites excluding steroid dienone is 2. The quantitative estimate of drug-likeness (QED) is 0.144. The van der Waals surface area contributed by atoms with E-state index in [0.717, 1.165) is 61.5 Å². The first-order chi connectivity index (χ1) is 33.6. The molecule has 1 aliphatic heterocycles. The fourth-order valence-electron chi connectivity index (χ4n) is 9.92. The Balaban J connectivity index is 1.18. The summed E-state index contributed by atoms with van der Waals surface area (Å²) in [5.74, 6) is 1.45. The van der Waals surface area contributed by atoms with Gasteiger partial charge in [-0.05, 0) is 89.2 Å². The SMILES string of the molecule is C/C=C\C(=C/C)C1=NC(c2ccccc2)NC(c2cc(-c3ccc(-c4ccccc4)cc3)c(-n3c4ccccc4c4c5c(ccc43)sc3ccccc35)c(-c3ccc(-c4ccccc4)cc3)c2)=N1. The summed E-state index contributed by atoms with van der Waals surface area (Å²) in [6.07, 6.45) is 5.88. The van der Waals surface area contributed by atoms with Gasteiger partial charge in [-0.2, -0.15) is 0 Å². The fourth-order valence-corrected chi connectivity index (χ4v) is 11.0. The zero-order valence-electron chi connectivity index (χ0n) is 37.8. The van der Waals surface area contributed by atoms with Crippen molar-refractivity contribution >= 4 is 65.0 Å². The van der Waals surface area contributed by atoms with Crippen molar-refractivity contribution in [2.45, 2.75) is 20.0 Å². The van der Waals surface area contributed by atoms with E-state index in [2.05, 4.69) is 228 Å². The molecule has 0 bridgehead atoms. The average molecular weight is 891 g/mol. The Bertz CT molecular complexity index is 3700. The molecule has 12 rings (SSSR count). The highest BCUT2D eigenvalue weighted by Gasteiger charge is 2.27. The van der Waals surface area contributed by atoms with Gasteiger partial charge in [-0.3, -0.25) is 0 Å². The number of hydrogen-bond donors (Lipinski definition) is 1. The topological polar surface area (TPSA) is 41.7 Å². The van der Waals surface area contributed by atoms with E-state index in [4.69, 9.17) is 9.98 Å². The lowest BCUT2D eigenvalue weighted by Crippen LogP contribution is -2.33. The highest BCUT2D eigenvalue weighted by molar-refractivity contribution is 7.26. The van der Waals surface area contributed by atoms with Crippen molar-refractivity contribution in [3.63, 3.8) is 0 Å². The first-order valence-corrected chi connectivity index (χ1v) is 24.1. The smallest absolute Gasteiger partial charge is 0.159 e. The highest BCUT2D eigenvalue weighted by Crippen LogP contribution is 2.47. The lowest BCUT2D eigenvalue weighted by molar-refractivity contribution is 0.674. The van der Waals surface area contributed by atoms with E-state index in [9.17, 15) is 0 Å². The van der Waals surface area contributed by atoms with E-state index in [0.29, 0.717) is 5.84 Å². The second-order valence-electron chi connectivity index (χ2n) is 17.2. The van der Waals surface area contributed by atoms with E-state index in [-0.39, 0.29) is 6.17 Å². The lowest BCUT2D eigenvalue weighted by Gasteiger charge is -2.26. The minimum atomic E-state index is -0.346. The van der Waals surface area contributed by atoms with Crippen LogP contribution in [-0.2, 0) is 0 Å². The van der Waals surface area contributed by atoms with Crippen molar-refractivity contribution < 1.29 is 0 Å². The van der Waals surface area contributed by atoms with Crippen LogP contribution >= 0.6 is 11.3 Å². The number of para-hydroxylation sites is 1. The van der Waals surface area contributed by atoms with E-state index in [1.54, 1.807) is 0 Å². The molecule has 11 aromatic rings. The van der Waals surface area contributed by atoms with Gasteiger partial charge >= 0.3 is 0 Å². The first-order valence-electron chi connectivity index (χ1n) is 23.2. The molecule has 1 unspecified atom stereocenters. The molecule has 0 spiro atoms. The molecule has 0 aliphatic carbocycles. The van der Waals surface area contributed by atoms with Crippen LogP contribution in [0.3, 0.4) is 0 Å². The third-order valence-electron chi connectivity index (χ3n) is 13.2. The molecule has 4 nitrogen and oxygen atoms in total. The molecule has 324 valence electrons. The number of nitrogens with one attached hydrogen (secondary N) is 1. The van der Waals surface area contributed by atoms with Crippen LogP contribution in [0, 0.1) is 0 Å². The molecular weight excluding hydrogens is 845 g/mol. The van der Waals surface area contributed by atoms with Crippen LogP contribution in [0.5, 0.6) is 0 Å². The largest absolute Gasteiger partial charge is 0.344 e. The summed E-state index contributed by atoms with van der Waals surface area (Å²) in [5, 5.41) is 8.89. The van der Waals surface area contributed by atoms with Crippen LogP contribution in [0.4, 0.5) is 0 Å². The third kappa shape index (κ3) is 7.25. The van der Waals surface area contributed by atoms with Gasteiger partial charge in [-0.15, -0.1) is 11.3 Å². The van der Waals surface area contributed by atoms with E-state index in [1.807, 2.05) is 37.3 Å². The zero-order chi connectivity index (χ0) is 45.6. The number of aromatic nitrogens is 1.